The average Bonchev–Trinajstić information content (AvgIpc) is 2.72. The third-order valence-corrected chi connectivity index (χ3v) is 4.08. The number of rotatable bonds is 7. The van der Waals surface area contributed by atoms with Gasteiger partial charge in [-0.05, 0) is 18.6 Å². The van der Waals surface area contributed by atoms with E-state index in [9.17, 15) is 24.5 Å². The van der Waals surface area contributed by atoms with Crippen LogP contribution in [0.25, 0.3) is 0 Å². The smallest absolute Gasteiger partial charge is 0.341 e. The Hall–Kier alpha value is -3.95. The zero-order valence-electron chi connectivity index (χ0n) is 16.7. The maximum Gasteiger partial charge on any atom is 0.341 e. The molecule has 0 aliphatic heterocycles. The fraction of sp³-hybridized carbons (Fsp3) is 0.250. The number of nitrogens with zero attached hydrogens (tertiary/aromatic N) is 2. The highest BCUT2D eigenvalue weighted by atomic mass is 16.6. The second-order valence-corrected chi connectivity index (χ2v) is 6.56. The summed E-state index contributed by atoms with van der Waals surface area (Å²) < 4.78 is 5.11. The van der Waals surface area contributed by atoms with Crippen molar-refractivity contribution >= 4 is 29.3 Å². The van der Waals surface area contributed by atoms with Crippen LogP contribution in [0.3, 0.4) is 0 Å². The van der Waals surface area contributed by atoms with Gasteiger partial charge in [-0.2, -0.15) is 0 Å². The lowest BCUT2D eigenvalue weighted by atomic mass is 10.1. The molecule has 10 heteroatoms. The van der Waals surface area contributed by atoms with Gasteiger partial charge in [0.15, 0.2) is 6.10 Å². The van der Waals surface area contributed by atoms with E-state index in [4.69, 9.17) is 4.74 Å². The monoisotopic (exact) mass is 414 g/mol. The predicted octanol–water partition coefficient (Wildman–Crippen LogP) is 2.23. The van der Waals surface area contributed by atoms with Crippen LogP contribution < -0.4 is 15.5 Å². The van der Waals surface area contributed by atoms with E-state index < -0.39 is 28.9 Å². The lowest BCUT2D eigenvalue weighted by Crippen LogP contribution is -2.44. The van der Waals surface area contributed by atoms with Crippen molar-refractivity contribution in [3.63, 3.8) is 0 Å². The van der Waals surface area contributed by atoms with Crippen molar-refractivity contribution in [3.8, 4) is 0 Å². The molecule has 0 spiro atoms. The molecule has 0 bridgehead atoms. The van der Waals surface area contributed by atoms with Crippen molar-refractivity contribution in [3.05, 3.63) is 69.8 Å². The van der Waals surface area contributed by atoms with E-state index in [1.54, 1.807) is 19.0 Å². The normalized spacial score (nSPS) is 11.2. The molecule has 0 radical (unpaired) electrons. The van der Waals surface area contributed by atoms with E-state index in [0.29, 0.717) is 5.69 Å². The standard InChI is InChI=1S/C20H22N4O6/c1-13(18(25)22-20(27)21-12-14-7-5-4-6-8-14)30-19(26)16-11-15(24(28)29)9-10-17(16)23(2)3/h4-11,13H,12H2,1-3H3,(H2,21,22,25,27)/t13-/m0/s1. The molecule has 0 saturated carbocycles. The molecule has 0 heterocycles. The van der Waals surface area contributed by atoms with E-state index in [1.807, 2.05) is 30.3 Å². The second-order valence-electron chi connectivity index (χ2n) is 6.56. The fourth-order valence-corrected chi connectivity index (χ4v) is 2.50. The first-order valence-electron chi connectivity index (χ1n) is 8.98. The van der Waals surface area contributed by atoms with Crippen molar-refractivity contribution in [1.29, 1.82) is 0 Å². The van der Waals surface area contributed by atoms with Crippen LogP contribution in [0.5, 0.6) is 0 Å². The average molecular weight is 414 g/mol. The topological polar surface area (TPSA) is 131 Å². The van der Waals surface area contributed by atoms with Crippen molar-refractivity contribution in [2.24, 2.45) is 0 Å². The van der Waals surface area contributed by atoms with Crippen LogP contribution in [0.4, 0.5) is 16.2 Å². The Kier molecular flexibility index (Phi) is 7.45. The van der Waals surface area contributed by atoms with E-state index in [-0.39, 0.29) is 17.8 Å². The Balaban J connectivity index is 1.99. The van der Waals surface area contributed by atoms with E-state index in [0.717, 1.165) is 11.6 Å². The van der Waals surface area contributed by atoms with Crippen molar-refractivity contribution < 1.29 is 24.0 Å². The summed E-state index contributed by atoms with van der Waals surface area (Å²) in [6.07, 6.45) is -1.30. The number of hydrogen-bond donors (Lipinski definition) is 2. The lowest BCUT2D eigenvalue weighted by Gasteiger charge is -2.18. The summed E-state index contributed by atoms with van der Waals surface area (Å²) in [4.78, 5) is 48.5. The first kappa shape index (κ1) is 22.3. The van der Waals surface area contributed by atoms with Gasteiger partial charge in [0.25, 0.3) is 11.6 Å². The first-order chi connectivity index (χ1) is 14.2. The van der Waals surface area contributed by atoms with Crippen LogP contribution in [-0.2, 0) is 16.1 Å². The maximum atomic E-state index is 12.5. The number of anilines is 1. The Morgan fingerprint density at radius 2 is 1.80 bits per heavy atom. The van der Waals surface area contributed by atoms with Crippen LogP contribution in [0.2, 0.25) is 0 Å². The molecular weight excluding hydrogens is 392 g/mol. The van der Waals surface area contributed by atoms with Gasteiger partial charge in [-0.15, -0.1) is 0 Å². The minimum atomic E-state index is -1.30. The van der Waals surface area contributed by atoms with Crippen LogP contribution >= 0.6 is 0 Å². The number of hydrogen-bond acceptors (Lipinski definition) is 7. The SMILES string of the molecule is C[C@H](OC(=O)c1cc([N+](=O)[O-])ccc1N(C)C)C(=O)NC(=O)NCc1ccccc1. The third kappa shape index (κ3) is 6.03. The maximum absolute atomic E-state index is 12.5. The van der Waals surface area contributed by atoms with Crippen molar-refractivity contribution in [2.45, 2.75) is 19.6 Å². The number of carbonyl (C=O) groups excluding carboxylic acids is 3. The molecule has 2 rings (SSSR count). The van der Waals surface area contributed by atoms with Crippen LogP contribution in [0.1, 0.15) is 22.8 Å². The number of ether oxygens (including phenoxy) is 1. The highest BCUT2D eigenvalue weighted by molar-refractivity contribution is 6.00. The number of carbonyl (C=O) groups is 3. The van der Waals surface area contributed by atoms with Gasteiger partial charge in [0.1, 0.15) is 0 Å². The fourth-order valence-electron chi connectivity index (χ4n) is 2.50. The van der Waals surface area contributed by atoms with E-state index in [2.05, 4.69) is 10.6 Å². The molecule has 3 amide bonds. The van der Waals surface area contributed by atoms with Gasteiger partial charge in [0, 0.05) is 32.8 Å². The molecule has 2 aromatic carbocycles. The predicted molar refractivity (Wildman–Crippen MR) is 109 cm³/mol. The Labute approximate surface area is 173 Å². The summed E-state index contributed by atoms with van der Waals surface area (Å²) in [6, 6.07) is 12.1. The van der Waals surface area contributed by atoms with Gasteiger partial charge in [-0.25, -0.2) is 9.59 Å². The first-order valence-corrected chi connectivity index (χ1v) is 8.98. The molecule has 30 heavy (non-hydrogen) atoms. The van der Waals surface area contributed by atoms with Gasteiger partial charge in [0.05, 0.1) is 16.2 Å². The number of nitrogens with one attached hydrogen (secondary N) is 2. The van der Waals surface area contributed by atoms with Crippen LogP contribution in [0, 0.1) is 10.1 Å². The number of amides is 3. The number of non-ortho nitro benzene ring substituents is 1. The Morgan fingerprint density at radius 1 is 1.13 bits per heavy atom. The second kappa shape index (κ2) is 10.0. The van der Waals surface area contributed by atoms with Gasteiger partial charge < -0.3 is 15.0 Å². The molecule has 0 unspecified atom stereocenters. The summed E-state index contributed by atoms with van der Waals surface area (Å²) in [5.74, 6) is -1.75. The summed E-state index contributed by atoms with van der Waals surface area (Å²) >= 11 is 0. The summed E-state index contributed by atoms with van der Waals surface area (Å²) in [7, 11) is 3.32. The molecular formula is C20H22N4O6. The van der Waals surface area contributed by atoms with E-state index >= 15 is 0 Å². The summed E-state index contributed by atoms with van der Waals surface area (Å²) in [5, 5.41) is 15.6. The number of nitro groups is 1. The number of urea groups is 1. The molecule has 0 aliphatic rings. The summed E-state index contributed by atoms with van der Waals surface area (Å²) in [5.41, 5.74) is 0.882. The molecule has 0 saturated heterocycles. The molecule has 0 fully saturated rings. The highest BCUT2D eigenvalue weighted by Crippen LogP contribution is 2.25. The third-order valence-electron chi connectivity index (χ3n) is 4.08. The minimum absolute atomic E-state index is 0.0672. The number of nitro benzene ring substituents is 1. The van der Waals surface area contributed by atoms with Crippen molar-refractivity contribution in [1.82, 2.24) is 10.6 Å². The Morgan fingerprint density at radius 3 is 2.40 bits per heavy atom. The number of imide groups is 1. The lowest BCUT2D eigenvalue weighted by molar-refractivity contribution is -0.384. The molecule has 0 aliphatic carbocycles. The van der Waals surface area contributed by atoms with E-state index in [1.165, 1.54) is 19.1 Å². The molecule has 10 nitrogen and oxygen atoms in total. The molecule has 0 aromatic heterocycles. The number of esters is 1. The zero-order valence-corrected chi connectivity index (χ0v) is 16.7. The quantitative estimate of drug-likeness (QED) is 0.403. The molecule has 1 atom stereocenters. The Bertz CT molecular complexity index is 946. The van der Waals surface area contributed by atoms with Crippen LogP contribution in [-0.4, -0.2) is 43.0 Å². The summed E-state index contributed by atoms with van der Waals surface area (Å²) in [6.45, 7) is 1.51. The van der Waals surface area contributed by atoms with Crippen molar-refractivity contribution in [2.75, 3.05) is 19.0 Å². The van der Waals surface area contributed by atoms with Gasteiger partial charge >= 0.3 is 12.0 Å². The van der Waals surface area contributed by atoms with Crippen LogP contribution in [0.15, 0.2) is 48.5 Å². The van der Waals surface area contributed by atoms with Gasteiger partial charge in [0.2, 0.25) is 0 Å². The molecule has 158 valence electrons. The molecule has 2 aromatic rings. The minimum Gasteiger partial charge on any atom is -0.449 e. The number of benzene rings is 2. The largest absolute Gasteiger partial charge is 0.449 e. The highest BCUT2D eigenvalue weighted by Gasteiger charge is 2.24. The van der Waals surface area contributed by atoms with Gasteiger partial charge in [-0.1, -0.05) is 30.3 Å². The van der Waals surface area contributed by atoms with Gasteiger partial charge in [-0.3, -0.25) is 20.2 Å². The molecule has 2 N–H and O–H groups in total. The zero-order chi connectivity index (χ0) is 22.3.